The number of thiocarbonyl (C=S) groups is 1. The van der Waals surface area contributed by atoms with Crippen molar-refractivity contribution >= 4 is 54.9 Å². The zero-order chi connectivity index (χ0) is 25.4. The molecule has 7 nitrogen and oxygen atoms in total. The second kappa shape index (κ2) is 12.6. The Labute approximate surface area is 216 Å². The van der Waals surface area contributed by atoms with Crippen molar-refractivity contribution in [2.75, 3.05) is 11.9 Å². The molecule has 0 radical (unpaired) electrons. The molecule has 2 rings (SSSR count). The van der Waals surface area contributed by atoms with Crippen LogP contribution >= 0.6 is 28.1 Å². The lowest BCUT2D eigenvalue weighted by atomic mass is 10.1. The minimum Gasteiger partial charge on any atom is -0.493 e. The first-order chi connectivity index (χ1) is 15.9. The monoisotopic (exact) mass is 569 g/mol. The molecule has 0 spiro atoms. The minimum absolute atomic E-state index is 0.0855. The van der Waals surface area contributed by atoms with Crippen molar-refractivity contribution in [3.8, 4) is 5.75 Å². The summed E-state index contributed by atoms with van der Waals surface area (Å²) in [6, 6.07) is 11.4. The van der Waals surface area contributed by atoms with Gasteiger partial charge < -0.3 is 10.1 Å². The lowest BCUT2D eigenvalue weighted by Gasteiger charge is -2.20. The largest absolute Gasteiger partial charge is 0.493 e. The van der Waals surface area contributed by atoms with Gasteiger partial charge in [0, 0.05) is 15.7 Å². The van der Waals surface area contributed by atoms with Gasteiger partial charge in [-0.1, -0.05) is 42.1 Å². The maximum absolute atomic E-state index is 12.8. The number of sulfonamides is 1. The fourth-order valence-electron chi connectivity index (χ4n) is 3.03. The van der Waals surface area contributed by atoms with Gasteiger partial charge in [0.15, 0.2) is 5.11 Å². The Bertz CT molecular complexity index is 1100. The lowest BCUT2D eigenvalue weighted by molar-refractivity contribution is 0.0973. The van der Waals surface area contributed by atoms with Crippen molar-refractivity contribution in [3.05, 3.63) is 52.5 Å². The molecule has 0 unspecified atom stereocenters. The van der Waals surface area contributed by atoms with Crippen LogP contribution in [-0.2, 0) is 10.0 Å². The van der Waals surface area contributed by atoms with Crippen LogP contribution in [0.25, 0.3) is 0 Å². The van der Waals surface area contributed by atoms with E-state index in [4.69, 9.17) is 17.0 Å². The van der Waals surface area contributed by atoms with Gasteiger partial charge in [-0.2, -0.15) is 0 Å². The van der Waals surface area contributed by atoms with E-state index in [0.29, 0.717) is 23.6 Å². The molecule has 0 heterocycles. The molecule has 2 aromatic carbocycles. The quantitative estimate of drug-likeness (QED) is 0.254. The van der Waals surface area contributed by atoms with Crippen molar-refractivity contribution in [3.63, 3.8) is 0 Å². The predicted octanol–water partition coefficient (Wildman–Crippen LogP) is 5.61. The summed E-state index contributed by atoms with van der Waals surface area (Å²) in [4.78, 5) is 13.0. The number of carbonyl (C=O) groups excluding carboxylic acids is 1. The summed E-state index contributed by atoms with van der Waals surface area (Å²) in [5.41, 5.74) is 0.317. The van der Waals surface area contributed by atoms with Crippen LogP contribution in [0.1, 0.15) is 63.7 Å². The first-order valence-corrected chi connectivity index (χ1v) is 13.8. The molecular weight excluding hydrogens is 538 g/mol. The zero-order valence-corrected chi connectivity index (χ0v) is 23.1. The van der Waals surface area contributed by atoms with Crippen molar-refractivity contribution in [1.82, 2.24) is 10.0 Å². The number of anilines is 1. The zero-order valence-electron chi connectivity index (χ0n) is 19.9. The van der Waals surface area contributed by atoms with Crippen molar-refractivity contribution in [2.24, 2.45) is 0 Å². The van der Waals surface area contributed by atoms with E-state index < -0.39 is 21.5 Å². The van der Waals surface area contributed by atoms with Gasteiger partial charge in [0.25, 0.3) is 5.91 Å². The summed E-state index contributed by atoms with van der Waals surface area (Å²) in [6.45, 7) is 8.00. The highest BCUT2D eigenvalue weighted by Crippen LogP contribution is 2.24. The van der Waals surface area contributed by atoms with Crippen LogP contribution in [0.4, 0.5) is 5.69 Å². The number of benzene rings is 2. The smallest absolute Gasteiger partial charge is 0.261 e. The Morgan fingerprint density at radius 1 is 1.06 bits per heavy atom. The Morgan fingerprint density at radius 3 is 2.35 bits per heavy atom. The third-order valence-corrected chi connectivity index (χ3v) is 7.00. The van der Waals surface area contributed by atoms with Gasteiger partial charge in [0.05, 0.1) is 17.1 Å². The van der Waals surface area contributed by atoms with E-state index in [1.54, 1.807) is 45.0 Å². The van der Waals surface area contributed by atoms with E-state index in [2.05, 4.69) is 38.2 Å². The van der Waals surface area contributed by atoms with E-state index in [0.717, 1.165) is 30.2 Å². The number of amides is 1. The molecule has 1 amide bonds. The third kappa shape index (κ3) is 9.32. The number of hydrogen-bond acceptors (Lipinski definition) is 5. The fourth-order valence-corrected chi connectivity index (χ4v) is 5.02. The number of carbonyl (C=O) groups is 1. The molecule has 186 valence electrons. The number of rotatable bonds is 10. The normalized spacial score (nSPS) is 11.7. The van der Waals surface area contributed by atoms with Gasteiger partial charge in [-0.15, -0.1) is 0 Å². The average molecular weight is 571 g/mol. The number of unbranched alkanes of at least 4 members (excludes halogenated alkanes) is 3. The van der Waals surface area contributed by atoms with E-state index in [-0.39, 0.29) is 10.0 Å². The number of ether oxygens (including phenoxy) is 1. The third-order valence-electron chi connectivity index (χ3n) is 4.53. The molecule has 0 atom stereocenters. The second-order valence-electron chi connectivity index (χ2n) is 8.84. The highest BCUT2D eigenvalue weighted by molar-refractivity contribution is 9.10. The molecule has 0 aliphatic rings. The molecule has 0 aromatic heterocycles. The highest BCUT2D eigenvalue weighted by Gasteiger charge is 2.22. The summed E-state index contributed by atoms with van der Waals surface area (Å²) in [5, 5.41) is 5.64. The molecule has 0 aliphatic carbocycles. The molecule has 0 saturated carbocycles. The van der Waals surface area contributed by atoms with E-state index in [9.17, 15) is 13.2 Å². The summed E-state index contributed by atoms with van der Waals surface area (Å²) in [5.74, 6) is 0.0804. The Morgan fingerprint density at radius 2 is 1.74 bits per heavy atom. The maximum atomic E-state index is 12.8. The van der Waals surface area contributed by atoms with E-state index >= 15 is 0 Å². The first-order valence-electron chi connectivity index (χ1n) is 11.1. The van der Waals surface area contributed by atoms with Crippen LogP contribution in [0.2, 0.25) is 0 Å². The van der Waals surface area contributed by atoms with Crippen LogP contribution in [0.3, 0.4) is 0 Å². The minimum atomic E-state index is -3.64. The first kappa shape index (κ1) is 28.2. The standard InChI is InChI=1S/C24H32BrN3O4S2/c1-5-6-7-8-15-32-21-14-9-17(25)16-20(21)22(29)27-23(33)26-18-10-12-19(13-11-18)34(30,31)28-24(2,3)4/h9-14,16,28H,5-8,15H2,1-4H3,(H2,26,27,29,33). The van der Waals surface area contributed by atoms with Gasteiger partial charge in [0.1, 0.15) is 5.75 Å². The molecule has 10 heteroatoms. The van der Waals surface area contributed by atoms with Gasteiger partial charge in [-0.25, -0.2) is 13.1 Å². The van der Waals surface area contributed by atoms with Gasteiger partial charge in [-0.05, 0) is 81.9 Å². The SMILES string of the molecule is CCCCCCOc1ccc(Br)cc1C(=O)NC(=S)Nc1ccc(S(=O)(=O)NC(C)(C)C)cc1. The number of halogens is 1. The Balaban J connectivity index is 2.01. The molecule has 2 aromatic rings. The van der Waals surface area contributed by atoms with Gasteiger partial charge >= 0.3 is 0 Å². The maximum Gasteiger partial charge on any atom is 0.261 e. The molecule has 34 heavy (non-hydrogen) atoms. The van der Waals surface area contributed by atoms with Crippen molar-refractivity contribution in [1.29, 1.82) is 0 Å². The summed E-state index contributed by atoms with van der Waals surface area (Å²) in [6.07, 6.45) is 4.29. The molecular formula is C24H32BrN3O4S2. The summed E-state index contributed by atoms with van der Waals surface area (Å²) >= 11 is 8.66. The summed E-state index contributed by atoms with van der Waals surface area (Å²) in [7, 11) is -3.64. The van der Waals surface area contributed by atoms with E-state index in [1.165, 1.54) is 12.1 Å². The fraction of sp³-hybridized carbons (Fsp3) is 0.417. The van der Waals surface area contributed by atoms with Crippen molar-refractivity contribution < 1.29 is 17.9 Å². The molecule has 0 bridgehead atoms. The lowest BCUT2D eigenvalue weighted by Crippen LogP contribution is -2.40. The Kier molecular flexibility index (Phi) is 10.5. The predicted molar refractivity (Wildman–Crippen MR) is 144 cm³/mol. The van der Waals surface area contributed by atoms with Gasteiger partial charge in [0.2, 0.25) is 10.0 Å². The summed E-state index contributed by atoms with van der Waals surface area (Å²) < 4.78 is 34.1. The van der Waals surface area contributed by atoms with Gasteiger partial charge in [-0.3, -0.25) is 10.1 Å². The second-order valence-corrected chi connectivity index (χ2v) is 11.8. The number of hydrogen-bond donors (Lipinski definition) is 3. The topological polar surface area (TPSA) is 96.5 Å². The average Bonchev–Trinajstić information content (AvgIpc) is 2.73. The van der Waals surface area contributed by atoms with Crippen LogP contribution < -0.4 is 20.1 Å². The highest BCUT2D eigenvalue weighted by atomic mass is 79.9. The molecule has 0 aliphatic heterocycles. The molecule has 0 fully saturated rings. The molecule has 0 saturated heterocycles. The Hall–Kier alpha value is -2.01. The van der Waals surface area contributed by atoms with Crippen LogP contribution in [0.5, 0.6) is 5.75 Å². The van der Waals surface area contributed by atoms with Crippen LogP contribution in [0.15, 0.2) is 51.8 Å². The van der Waals surface area contributed by atoms with Crippen LogP contribution in [0, 0.1) is 0 Å². The van der Waals surface area contributed by atoms with E-state index in [1.807, 2.05) is 6.07 Å². The van der Waals surface area contributed by atoms with Crippen LogP contribution in [-0.4, -0.2) is 31.6 Å². The van der Waals surface area contributed by atoms with Crippen molar-refractivity contribution in [2.45, 2.75) is 63.8 Å². The number of nitrogens with one attached hydrogen (secondary N) is 3. The molecule has 3 N–H and O–H groups in total.